The lowest BCUT2D eigenvalue weighted by atomic mass is 10.0. The monoisotopic (exact) mass is 286 g/mol. The minimum absolute atomic E-state index is 0.0205. The third kappa shape index (κ3) is 3.65. The van der Waals surface area contributed by atoms with Crippen molar-refractivity contribution in [3.63, 3.8) is 0 Å². The van der Waals surface area contributed by atoms with Gasteiger partial charge in [0.05, 0.1) is 19.8 Å². The summed E-state index contributed by atoms with van der Waals surface area (Å²) in [6.45, 7) is 3.87. The van der Waals surface area contributed by atoms with Gasteiger partial charge < -0.3 is 31.3 Å². The molecule has 1 heterocycles. The Morgan fingerprint density at radius 3 is 2.05 bits per heavy atom. The van der Waals surface area contributed by atoms with Crippen molar-refractivity contribution in [2.45, 2.75) is 19.4 Å². The van der Waals surface area contributed by atoms with Crippen LogP contribution in [-0.2, 0) is 0 Å². The van der Waals surface area contributed by atoms with Crippen LogP contribution in [0.1, 0.15) is 13.8 Å². The van der Waals surface area contributed by atoms with E-state index in [2.05, 4.69) is 20.3 Å². The Morgan fingerprint density at radius 1 is 1.05 bits per heavy atom. The summed E-state index contributed by atoms with van der Waals surface area (Å²) in [7, 11) is 0. The third-order valence-electron chi connectivity index (χ3n) is 2.97. The van der Waals surface area contributed by atoms with Crippen LogP contribution in [-0.4, -0.2) is 68.7 Å². The number of rotatable bonds is 8. The molecule has 0 amide bonds. The zero-order valence-electron chi connectivity index (χ0n) is 11.7. The van der Waals surface area contributed by atoms with Gasteiger partial charge in [-0.05, 0) is 13.8 Å². The lowest BCUT2D eigenvalue weighted by Crippen LogP contribution is -2.49. The highest BCUT2D eigenvalue weighted by Crippen LogP contribution is 2.15. The number of nitrogens with one attached hydrogen (secondary N) is 1. The van der Waals surface area contributed by atoms with Crippen LogP contribution in [0.2, 0.25) is 0 Å². The molecule has 114 valence electrons. The average Bonchev–Trinajstić information content (AvgIpc) is 2.46. The van der Waals surface area contributed by atoms with Crippen LogP contribution in [0.15, 0.2) is 0 Å². The van der Waals surface area contributed by atoms with Crippen molar-refractivity contribution in [3.05, 3.63) is 0 Å². The standard InChI is InChI=1S/C11H22N6O3/c1-3-17(4-2)10-14-8(12)13-9(15-10)16-11(5-18,6-19)7-20/h18-20H,3-7H2,1-2H3,(H3,12,13,14,15,16). The van der Waals surface area contributed by atoms with Gasteiger partial charge in [0, 0.05) is 13.1 Å². The van der Waals surface area contributed by atoms with Crippen LogP contribution in [0.3, 0.4) is 0 Å². The van der Waals surface area contributed by atoms with Crippen LogP contribution in [0, 0.1) is 0 Å². The summed E-state index contributed by atoms with van der Waals surface area (Å²) in [5.74, 6) is 0.511. The number of aliphatic hydroxyl groups excluding tert-OH is 3. The number of nitrogens with two attached hydrogens (primary N) is 1. The summed E-state index contributed by atoms with van der Waals surface area (Å²) < 4.78 is 0. The maximum absolute atomic E-state index is 9.28. The van der Waals surface area contributed by atoms with Crippen LogP contribution in [0.25, 0.3) is 0 Å². The van der Waals surface area contributed by atoms with Crippen LogP contribution < -0.4 is 16.0 Å². The van der Waals surface area contributed by atoms with Crippen molar-refractivity contribution in [2.75, 3.05) is 48.9 Å². The SMILES string of the molecule is CCN(CC)c1nc(N)nc(NC(CO)(CO)CO)n1. The van der Waals surface area contributed by atoms with Gasteiger partial charge in [-0.15, -0.1) is 0 Å². The number of nitrogens with zero attached hydrogens (tertiary/aromatic N) is 4. The Balaban J connectivity index is 3.07. The van der Waals surface area contributed by atoms with Crippen molar-refractivity contribution in [1.82, 2.24) is 15.0 Å². The number of nitrogen functional groups attached to an aromatic ring is 1. The molecule has 1 rings (SSSR count). The second kappa shape index (κ2) is 7.17. The Morgan fingerprint density at radius 2 is 1.60 bits per heavy atom. The van der Waals surface area contributed by atoms with Crippen LogP contribution in [0.4, 0.5) is 17.8 Å². The molecule has 1 aromatic rings. The van der Waals surface area contributed by atoms with E-state index in [9.17, 15) is 15.3 Å². The van der Waals surface area contributed by atoms with Gasteiger partial charge in [-0.2, -0.15) is 15.0 Å². The highest BCUT2D eigenvalue weighted by atomic mass is 16.3. The van der Waals surface area contributed by atoms with Crippen molar-refractivity contribution in [1.29, 1.82) is 0 Å². The summed E-state index contributed by atoms with van der Waals surface area (Å²) in [5, 5.41) is 30.6. The van der Waals surface area contributed by atoms with Gasteiger partial charge in [-0.3, -0.25) is 0 Å². The van der Waals surface area contributed by atoms with E-state index in [0.717, 1.165) is 0 Å². The zero-order valence-corrected chi connectivity index (χ0v) is 11.7. The molecule has 9 heteroatoms. The first kappa shape index (κ1) is 16.3. The van der Waals surface area contributed by atoms with E-state index in [4.69, 9.17) is 5.73 Å². The molecule has 0 bridgehead atoms. The summed E-state index contributed by atoms with van der Waals surface area (Å²) in [4.78, 5) is 14.0. The summed E-state index contributed by atoms with van der Waals surface area (Å²) in [6, 6.07) is 0. The molecule has 0 radical (unpaired) electrons. The number of hydrogen-bond acceptors (Lipinski definition) is 9. The molecule has 0 aromatic carbocycles. The van der Waals surface area contributed by atoms with E-state index in [0.29, 0.717) is 19.0 Å². The molecule has 1 aromatic heterocycles. The second-order valence-corrected chi connectivity index (χ2v) is 4.37. The summed E-state index contributed by atoms with van der Waals surface area (Å²) in [6.07, 6.45) is 0. The molecule has 0 saturated heterocycles. The number of anilines is 3. The average molecular weight is 286 g/mol. The molecular weight excluding hydrogens is 264 g/mol. The van der Waals surface area contributed by atoms with Crippen molar-refractivity contribution in [3.8, 4) is 0 Å². The van der Waals surface area contributed by atoms with E-state index >= 15 is 0 Å². The van der Waals surface area contributed by atoms with Gasteiger partial charge in [-0.1, -0.05) is 0 Å². The molecule has 9 nitrogen and oxygen atoms in total. The minimum Gasteiger partial charge on any atom is -0.394 e. The molecule has 0 aliphatic carbocycles. The Kier molecular flexibility index (Phi) is 5.86. The molecule has 0 spiro atoms. The van der Waals surface area contributed by atoms with Crippen molar-refractivity contribution in [2.24, 2.45) is 0 Å². The first-order valence-electron chi connectivity index (χ1n) is 6.41. The van der Waals surface area contributed by atoms with Gasteiger partial charge in [0.15, 0.2) is 0 Å². The Labute approximate surface area is 117 Å². The van der Waals surface area contributed by atoms with Gasteiger partial charge in [-0.25, -0.2) is 0 Å². The molecule has 0 aliphatic rings. The Bertz CT molecular complexity index is 414. The van der Waals surface area contributed by atoms with Gasteiger partial charge in [0.25, 0.3) is 0 Å². The highest BCUT2D eigenvalue weighted by Gasteiger charge is 2.29. The smallest absolute Gasteiger partial charge is 0.231 e. The molecule has 0 aliphatic heterocycles. The fourth-order valence-electron chi connectivity index (χ4n) is 1.59. The molecule has 0 saturated carbocycles. The van der Waals surface area contributed by atoms with E-state index in [-0.39, 0.29) is 11.9 Å². The number of hydrogen-bond donors (Lipinski definition) is 5. The molecule has 20 heavy (non-hydrogen) atoms. The molecule has 0 atom stereocenters. The van der Waals surface area contributed by atoms with Crippen LogP contribution in [0.5, 0.6) is 0 Å². The molecular formula is C11H22N6O3. The fourth-order valence-corrected chi connectivity index (χ4v) is 1.59. The first-order valence-corrected chi connectivity index (χ1v) is 6.41. The van der Waals surface area contributed by atoms with Crippen molar-refractivity contribution < 1.29 is 15.3 Å². The third-order valence-corrected chi connectivity index (χ3v) is 2.97. The first-order chi connectivity index (χ1) is 9.53. The van der Waals surface area contributed by atoms with Gasteiger partial charge in [0.2, 0.25) is 17.8 Å². The topological polar surface area (TPSA) is 141 Å². The molecule has 6 N–H and O–H groups in total. The normalized spacial score (nSPS) is 11.4. The quantitative estimate of drug-likeness (QED) is 0.383. The lowest BCUT2D eigenvalue weighted by Gasteiger charge is -2.29. The predicted octanol–water partition coefficient (Wildman–Crippen LogP) is -1.57. The largest absolute Gasteiger partial charge is 0.394 e. The van der Waals surface area contributed by atoms with E-state index < -0.39 is 25.4 Å². The summed E-state index contributed by atoms with van der Waals surface area (Å²) in [5.41, 5.74) is 4.32. The minimum atomic E-state index is -1.31. The van der Waals surface area contributed by atoms with E-state index in [1.807, 2.05) is 18.7 Å². The highest BCUT2D eigenvalue weighted by molar-refractivity contribution is 5.43. The van der Waals surface area contributed by atoms with Crippen molar-refractivity contribution >= 4 is 17.8 Å². The fraction of sp³-hybridized carbons (Fsp3) is 0.727. The predicted molar refractivity (Wildman–Crippen MR) is 75.4 cm³/mol. The maximum Gasteiger partial charge on any atom is 0.231 e. The van der Waals surface area contributed by atoms with Gasteiger partial charge >= 0.3 is 0 Å². The zero-order chi connectivity index (χ0) is 15.2. The second-order valence-electron chi connectivity index (χ2n) is 4.37. The number of aliphatic hydroxyl groups is 3. The van der Waals surface area contributed by atoms with Crippen LogP contribution >= 0.6 is 0 Å². The van der Waals surface area contributed by atoms with Gasteiger partial charge in [0.1, 0.15) is 5.54 Å². The molecule has 0 unspecified atom stereocenters. The maximum atomic E-state index is 9.28. The summed E-state index contributed by atoms with van der Waals surface area (Å²) >= 11 is 0. The Hall–Kier alpha value is -1.71. The number of aromatic nitrogens is 3. The van der Waals surface area contributed by atoms with E-state index in [1.165, 1.54) is 0 Å². The van der Waals surface area contributed by atoms with E-state index in [1.54, 1.807) is 0 Å². The lowest BCUT2D eigenvalue weighted by molar-refractivity contribution is 0.0828. The molecule has 0 fully saturated rings.